The molecule has 4 rings (SSSR count). The molecule has 0 spiro atoms. The highest BCUT2D eigenvalue weighted by Gasteiger charge is 2.32. The molecule has 1 aromatic heterocycles. The third-order valence-electron chi connectivity index (χ3n) is 5.01. The molecule has 0 bridgehead atoms. The van der Waals surface area contributed by atoms with Gasteiger partial charge in [-0.25, -0.2) is 8.42 Å². The van der Waals surface area contributed by atoms with E-state index < -0.39 is 10.0 Å². The zero-order valence-corrected chi connectivity index (χ0v) is 15.9. The Hall–Kier alpha value is -1.84. The molecule has 1 aliphatic carbocycles. The number of allylic oxidation sites excluding steroid dienone is 2. The van der Waals surface area contributed by atoms with Crippen molar-refractivity contribution in [2.45, 2.75) is 24.2 Å². The number of hydrogen-bond donors (Lipinski definition) is 0. The molecule has 2 heterocycles. The lowest BCUT2D eigenvalue weighted by Crippen LogP contribution is -2.50. The Labute approximate surface area is 156 Å². The first-order valence-electron chi connectivity index (χ1n) is 8.71. The maximum Gasteiger partial charge on any atom is 0.245 e. The Bertz CT molecular complexity index is 946. The fourth-order valence-corrected chi connectivity index (χ4v) is 5.70. The molecule has 9 heteroatoms. The number of rotatable bonds is 4. The summed E-state index contributed by atoms with van der Waals surface area (Å²) in [6.45, 7) is 1.48. The van der Waals surface area contributed by atoms with Crippen molar-refractivity contribution in [3.63, 3.8) is 0 Å². The van der Waals surface area contributed by atoms with E-state index in [1.807, 2.05) is 0 Å². The standard InChI is InChI=1S/C17H20N4O3S2/c22-16(12-13-4-1-2-5-13)20-8-10-21(11-9-20)26(23,24)15-7-3-6-14-17(15)19-25-18-14/h1,3-4,6-7,13H,2,5,8-12H2. The molecule has 7 nitrogen and oxygen atoms in total. The van der Waals surface area contributed by atoms with Crippen molar-refractivity contribution in [1.82, 2.24) is 18.0 Å². The number of amides is 1. The molecule has 0 saturated carbocycles. The van der Waals surface area contributed by atoms with Crippen molar-refractivity contribution in [2.24, 2.45) is 5.92 Å². The van der Waals surface area contributed by atoms with Gasteiger partial charge in [-0.15, -0.1) is 0 Å². The Morgan fingerprint density at radius 1 is 1.19 bits per heavy atom. The highest BCUT2D eigenvalue weighted by Crippen LogP contribution is 2.26. The van der Waals surface area contributed by atoms with E-state index in [4.69, 9.17) is 0 Å². The van der Waals surface area contributed by atoms with E-state index in [1.165, 1.54) is 4.31 Å². The Balaban J connectivity index is 1.44. The number of carbonyl (C=O) groups is 1. The monoisotopic (exact) mass is 392 g/mol. The number of hydrogen-bond acceptors (Lipinski definition) is 6. The number of fused-ring (bicyclic) bond motifs is 1. The summed E-state index contributed by atoms with van der Waals surface area (Å²) in [4.78, 5) is 14.4. The van der Waals surface area contributed by atoms with Gasteiger partial charge >= 0.3 is 0 Å². The second-order valence-corrected chi connectivity index (χ2v) is 9.08. The minimum Gasteiger partial charge on any atom is -0.340 e. The smallest absolute Gasteiger partial charge is 0.245 e. The van der Waals surface area contributed by atoms with E-state index in [0.29, 0.717) is 49.6 Å². The van der Waals surface area contributed by atoms with Gasteiger partial charge in [-0.05, 0) is 30.9 Å². The maximum atomic E-state index is 13.0. The largest absolute Gasteiger partial charge is 0.340 e. The van der Waals surface area contributed by atoms with Gasteiger partial charge in [0.25, 0.3) is 0 Å². The van der Waals surface area contributed by atoms with Gasteiger partial charge in [0.2, 0.25) is 15.9 Å². The minimum absolute atomic E-state index is 0.115. The maximum absolute atomic E-state index is 13.0. The van der Waals surface area contributed by atoms with Gasteiger partial charge in [-0.2, -0.15) is 13.1 Å². The van der Waals surface area contributed by atoms with Crippen LogP contribution >= 0.6 is 11.7 Å². The second kappa shape index (κ2) is 7.05. The lowest BCUT2D eigenvalue weighted by atomic mass is 10.0. The van der Waals surface area contributed by atoms with Crippen LogP contribution in [0.15, 0.2) is 35.2 Å². The average molecular weight is 393 g/mol. The molecular formula is C17H20N4O3S2. The summed E-state index contributed by atoms with van der Waals surface area (Å²) in [7, 11) is -3.64. The first kappa shape index (κ1) is 17.6. The predicted molar refractivity (Wildman–Crippen MR) is 99.2 cm³/mol. The number of nitrogens with zero attached hydrogens (tertiary/aromatic N) is 4. The van der Waals surface area contributed by atoms with E-state index in [2.05, 4.69) is 20.9 Å². The molecule has 1 amide bonds. The quantitative estimate of drug-likeness (QED) is 0.742. The number of sulfonamides is 1. The van der Waals surface area contributed by atoms with E-state index in [1.54, 1.807) is 23.1 Å². The van der Waals surface area contributed by atoms with Gasteiger partial charge in [-0.1, -0.05) is 18.2 Å². The van der Waals surface area contributed by atoms with Gasteiger partial charge in [0.1, 0.15) is 15.9 Å². The van der Waals surface area contributed by atoms with Crippen LogP contribution in [0.5, 0.6) is 0 Å². The van der Waals surface area contributed by atoms with Gasteiger partial charge in [-0.3, -0.25) is 4.79 Å². The Kier molecular flexibility index (Phi) is 4.76. The van der Waals surface area contributed by atoms with E-state index in [-0.39, 0.29) is 10.8 Å². The Morgan fingerprint density at radius 3 is 2.73 bits per heavy atom. The topological polar surface area (TPSA) is 83.5 Å². The van der Waals surface area contributed by atoms with Crippen LogP contribution < -0.4 is 0 Å². The molecule has 1 fully saturated rings. The molecule has 1 aromatic carbocycles. The van der Waals surface area contributed by atoms with Gasteiger partial charge in [0, 0.05) is 32.6 Å². The molecule has 2 aliphatic rings. The fraction of sp³-hybridized carbons (Fsp3) is 0.471. The summed E-state index contributed by atoms with van der Waals surface area (Å²) in [5, 5.41) is 0. The van der Waals surface area contributed by atoms with Gasteiger partial charge in [0.05, 0.1) is 11.7 Å². The third kappa shape index (κ3) is 3.26. The molecule has 0 radical (unpaired) electrons. The third-order valence-corrected chi connectivity index (χ3v) is 7.48. The van der Waals surface area contributed by atoms with Crippen LogP contribution in [-0.2, 0) is 14.8 Å². The van der Waals surface area contributed by atoms with Crippen molar-refractivity contribution in [1.29, 1.82) is 0 Å². The summed E-state index contributed by atoms with van der Waals surface area (Å²) < 4.78 is 35.7. The summed E-state index contributed by atoms with van der Waals surface area (Å²) >= 11 is 1.01. The summed E-state index contributed by atoms with van der Waals surface area (Å²) in [6, 6.07) is 5.01. The van der Waals surface area contributed by atoms with Crippen molar-refractivity contribution in [3.8, 4) is 0 Å². The molecule has 1 aliphatic heterocycles. The number of aromatic nitrogens is 2. The molecule has 1 atom stereocenters. The van der Waals surface area contributed by atoms with Crippen molar-refractivity contribution in [2.75, 3.05) is 26.2 Å². The molecule has 26 heavy (non-hydrogen) atoms. The normalized spacial score (nSPS) is 21.5. The predicted octanol–water partition coefficient (Wildman–Crippen LogP) is 1.88. The minimum atomic E-state index is -3.64. The fourth-order valence-electron chi connectivity index (χ4n) is 3.53. The van der Waals surface area contributed by atoms with Crippen LogP contribution in [0, 0.1) is 5.92 Å². The van der Waals surface area contributed by atoms with Crippen LogP contribution in [0.2, 0.25) is 0 Å². The molecule has 1 saturated heterocycles. The summed E-state index contributed by atoms with van der Waals surface area (Å²) in [5.41, 5.74) is 1.01. The number of piperazine rings is 1. The zero-order chi connectivity index (χ0) is 18.1. The van der Waals surface area contributed by atoms with Crippen LogP contribution in [0.1, 0.15) is 19.3 Å². The van der Waals surface area contributed by atoms with Crippen molar-refractivity contribution < 1.29 is 13.2 Å². The zero-order valence-electron chi connectivity index (χ0n) is 14.2. The molecule has 0 N–H and O–H groups in total. The molecule has 1 unspecified atom stereocenters. The lowest BCUT2D eigenvalue weighted by molar-refractivity contribution is -0.133. The highest BCUT2D eigenvalue weighted by atomic mass is 32.2. The SMILES string of the molecule is O=C(CC1C=CCC1)N1CCN(S(=O)(=O)c2cccc3nsnc23)CC1. The number of carbonyl (C=O) groups excluding carboxylic acids is 1. The van der Waals surface area contributed by atoms with E-state index in [9.17, 15) is 13.2 Å². The first-order chi connectivity index (χ1) is 12.6. The number of benzene rings is 1. The second-order valence-electron chi connectivity index (χ2n) is 6.64. The van der Waals surface area contributed by atoms with Gasteiger partial charge in [0.15, 0.2) is 0 Å². The van der Waals surface area contributed by atoms with Gasteiger partial charge < -0.3 is 4.90 Å². The van der Waals surface area contributed by atoms with Crippen LogP contribution in [0.25, 0.3) is 11.0 Å². The van der Waals surface area contributed by atoms with Crippen LogP contribution in [0.3, 0.4) is 0 Å². The molecule has 138 valence electrons. The van der Waals surface area contributed by atoms with E-state index >= 15 is 0 Å². The first-order valence-corrected chi connectivity index (χ1v) is 10.9. The van der Waals surface area contributed by atoms with Crippen LogP contribution in [0.4, 0.5) is 0 Å². The van der Waals surface area contributed by atoms with E-state index in [0.717, 1.165) is 24.6 Å². The van der Waals surface area contributed by atoms with Crippen molar-refractivity contribution in [3.05, 3.63) is 30.4 Å². The molecule has 2 aromatic rings. The highest BCUT2D eigenvalue weighted by molar-refractivity contribution is 7.89. The average Bonchev–Trinajstić information content (AvgIpc) is 3.32. The van der Waals surface area contributed by atoms with Crippen LogP contribution in [-0.4, -0.2) is 58.5 Å². The summed E-state index contributed by atoms with van der Waals surface area (Å²) in [6.07, 6.45) is 6.83. The van der Waals surface area contributed by atoms with Crippen molar-refractivity contribution >= 4 is 38.7 Å². The Morgan fingerprint density at radius 2 is 2.00 bits per heavy atom. The lowest BCUT2D eigenvalue weighted by Gasteiger charge is -2.34. The summed E-state index contributed by atoms with van der Waals surface area (Å²) in [5.74, 6) is 0.448. The molecular weight excluding hydrogens is 372 g/mol.